The van der Waals surface area contributed by atoms with Crippen LogP contribution in [-0.2, 0) is 6.54 Å². The molecule has 0 saturated carbocycles. The van der Waals surface area contributed by atoms with Crippen molar-refractivity contribution in [3.8, 4) is 0 Å². The van der Waals surface area contributed by atoms with Gasteiger partial charge in [-0.1, -0.05) is 36.4 Å². The number of hydrazone groups is 1. The summed E-state index contributed by atoms with van der Waals surface area (Å²) in [5, 5.41) is 4.33. The molecule has 0 aliphatic heterocycles. The van der Waals surface area contributed by atoms with Crippen LogP contribution in [0.2, 0.25) is 0 Å². The normalized spacial score (nSPS) is 11.5. The number of nitrogens with one attached hydrogen (secondary N) is 1. The first-order valence-electron chi connectivity index (χ1n) is 9.00. The molecule has 0 atom stereocenters. The largest absolute Gasteiger partial charge is 0.342 e. The Kier molecular flexibility index (Phi) is 5.41. The third kappa shape index (κ3) is 3.74. The summed E-state index contributed by atoms with van der Waals surface area (Å²) in [6.45, 7) is 0.214. The molecule has 4 rings (SSSR count). The van der Waals surface area contributed by atoms with Gasteiger partial charge >= 0.3 is 0 Å². The Hall–Kier alpha value is -3.75. The first kappa shape index (κ1) is 20.5. The maximum Gasteiger partial charge on any atom is 0.200 e. The summed E-state index contributed by atoms with van der Waals surface area (Å²) in [5.41, 5.74) is 2.29. The molecule has 0 aliphatic rings. The van der Waals surface area contributed by atoms with Crippen molar-refractivity contribution in [3.05, 3.63) is 101 Å². The van der Waals surface area contributed by atoms with Crippen LogP contribution in [0.5, 0.6) is 0 Å². The smallest absolute Gasteiger partial charge is 0.200 e. The van der Waals surface area contributed by atoms with Crippen LogP contribution in [0.4, 0.5) is 32.0 Å². The lowest BCUT2D eigenvalue weighted by atomic mass is 10.2. The van der Waals surface area contributed by atoms with Crippen molar-refractivity contribution in [2.45, 2.75) is 6.54 Å². The highest BCUT2D eigenvalue weighted by molar-refractivity contribution is 5.99. The summed E-state index contributed by atoms with van der Waals surface area (Å²) < 4.78 is 83.1. The van der Waals surface area contributed by atoms with Gasteiger partial charge in [0.05, 0.1) is 12.8 Å². The van der Waals surface area contributed by atoms with Crippen LogP contribution in [0.25, 0.3) is 10.9 Å². The molecule has 0 radical (unpaired) electrons. The molecular formula is C22H13F6N3. The summed E-state index contributed by atoms with van der Waals surface area (Å²) in [6.07, 6.45) is 2.82. The fourth-order valence-electron chi connectivity index (χ4n) is 3.19. The van der Waals surface area contributed by atoms with Gasteiger partial charge in [-0.05, 0) is 12.1 Å². The van der Waals surface area contributed by atoms with Gasteiger partial charge < -0.3 is 4.57 Å². The molecule has 158 valence electrons. The Morgan fingerprint density at radius 3 is 2.10 bits per heavy atom. The number of para-hydroxylation sites is 1. The molecule has 0 fully saturated rings. The molecule has 9 heteroatoms. The zero-order valence-electron chi connectivity index (χ0n) is 15.6. The van der Waals surface area contributed by atoms with Gasteiger partial charge in [0.25, 0.3) is 0 Å². The van der Waals surface area contributed by atoms with Gasteiger partial charge in [0, 0.05) is 28.2 Å². The van der Waals surface area contributed by atoms with Crippen LogP contribution in [0.3, 0.4) is 0 Å². The average Bonchev–Trinajstić information content (AvgIpc) is 3.12. The summed E-state index contributed by atoms with van der Waals surface area (Å²) >= 11 is 0. The Bertz CT molecular complexity index is 1280. The predicted molar refractivity (Wildman–Crippen MR) is 105 cm³/mol. The molecule has 1 N–H and O–H groups in total. The number of hydrogen-bond acceptors (Lipinski definition) is 2. The van der Waals surface area contributed by atoms with E-state index in [2.05, 4.69) is 5.10 Å². The lowest BCUT2D eigenvalue weighted by molar-refractivity contribution is 0.381. The molecule has 3 aromatic carbocycles. The van der Waals surface area contributed by atoms with E-state index in [-0.39, 0.29) is 12.4 Å². The van der Waals surface area contributed by atoms with Gasteiger partial charge in [-0.2, -0.15) is 5.10 Å². The van der Waals surface area contributed by atoms with E-state index in [0.29, 0.717) is 16.5 Å². The Morgan fingerprint density at radius 1 is 0.774 bits per heavy atom. The van der Waals surface area contributed by atoms with Gasteiger partial charge in [-0.15, -0.1) is 0 Å². The standard InChI is InChI=1S/C22H13F6N3/c23-15-7-3-1-5-12(15)10-31-11-13(14-6-2-4-8-16(14)31)9-29-30-22-20(27)18(25)17(24)19(26)21(22)28/h1-9,11,30H,10H2. The second kappa shape index (κ2) is 8.17. The Morgan fingerprint density at radius 2 is 1.39 bits per heavy atom. The molecule has 31 heavy (non-hydrogen) atoms. The first-order valence-corrected chi connectivity index (χ1v) is 9.00. The van der Waals surface area contributed by atoms with E-state index in [0.717, 1.165) is 5.52 Å². The molecule has 0 spiro atoms. The van der Waals surface area contributed by atoms with Gasteiger partial charge in [0.1, 0.15) is 11.5 Å². The van der Waals surface area contributed by atoms with Crippen LogP contribution >= 0.6 is 0 Å². The highest BCUT2D eigenvalue weighted by atomic mass is 19.2. The molecule has 0 saturated heterocycles. The van der Waals surface area contributed by atoms with E-state index in [1.54, 1.807) is 53.2 Å². The topological polar surface area (TPSA) is 29.3 Å². The monoisotopic (exact) mass is 433 g/mol. The molecular weight excluding hydrogens is 420 g/mol. The van der Waals surface area contributed by atoms with Crippen LogP contribution in [-0.4, -0.2) is 10.8 Å². The number of hydrogen-bond donors (Lipinski definition) is 1. The second-order valence-electron chi connectivity index (χ2n) is 6.64. The number of halogens is 6. The SMILES string of the molecule is Fc1ccccc1Cn1cc(C=NNc2c(F)c(F)c(F)c(F)c2F)c2ccccc21. The predicted octanol–water partition coefficient (Wildman–Crippen LogP) is 5.97. The summed E-state index contributed by atoms with van der Waals surface area (Å²) in [7, 11) is 0. The fraction of sp³-hybridized carbons (Fsp3) is 0.0455. The molecule has 0 bridgehead atoms. The van der Waals surface area contributed by atoms with E-state index in [1.165, 1.54) is 12.3 Å². The molecule has 0 aliphatic carbocycles. The maximum absolute atomic E-state index is 14.0. The van der Waals surface area contributed by atoms with Gasteiger partial charge in [-0.3, -0.25) is 5.43 Å². The van der Waals surface area contributed by atoms with Crippen molar-refractivity contribution in [3.63, 3.8) is 0 Å². The number of benzene rings is 3. The third-order valence-corrected chi connectivity index (χ3v) is 4.71. The Labute approximate surface area is 172 Å². The number of aromatic nitrogens is 1. The minimum atomic E-state index is -2.25. The van der Waals surface area contributed by atoms with Crippen molar-refractivity contribution >= 4 is 22.8 Å². The van der Waals surface area contributed by atoms with Gasteiger partial charge in [0.2, 0.25) is 5.82 Å². The fourth-order valence-corrected chi connectivity index (χ4v) is 3.19. The van der Waals surface area contributed by atoms with Crippen molar-refractivity contribution in [1.82, 2.24) is 4.57 Å². The minimum Gasteiger partial charge on any atom is -0.342 e. The van der Waals surface area contributed by atoms with Gasteiger partial charge in [0.15, 0.2) is 23.3 Å². The van der Waals surface area contributed by atoms with Crippen LogP contribution in [0.1, 0.15) is 11.1 Å². The number of anilines is 1. The molecule has 4 aromatic rings. The van der Waals surface area contributed by atoms with Crippen molar-refractivity contribution in [2.24, 2.45) is 5.10 Å². The minimum absolute atomic E-state index is 0.214. The summed E-state index contributed by atoms with van der Waals surface area (Å²) in [4.78, 5) is 0. The zero-order chi connectivity index (χ0) is 22.1. The zero-order valence-corrected chi connectivity index (χ0v) is 15.6. The molecule has 1 heterocycles. The molecule has 0 unspecified atom stereocenters. The van der Waals surface area contributed by atoms with E-state index < -0.39 is 34.8 Å². The second-order valence-corrected chi connectivity index (χ2v) is 6.64. The van der Waals surface area contributed by atoms with E-state index >= 15 is 0 Å². The third-order valence-electron chi connectivity index (χ3n) is 4.71. The average molecular weight is 433 g/mol. The van der Waals surface area contributed by atoms with E-state index in [9.17, 15) is 26.3 Å². The quantitative estimate of drug-likeness (QED) is 0.136. The highest BCUT2D eigenvalue weighted by Gasteiger charge is 2.25. The molecule has 1 aromatic heterocycles. The number of nitrogens with zero attached hydrogens (tertiary/aromatic N) is 2. The van der Waals surface area contributed by atoms with Crippen molar-refractivity contribution in [2.75, 3.05) is 5.43 Å². The maximum atomic E-state index is 14.0. The highest BCUT2D eigenvalue weighted by Crippen LogP contribution is 2.27. The Balaban J connectivity index is 1.67. The summed E-state index contributed by atoms with van der Waals surface area (Å²) in [6, 6.07) is 13.4. The van der Waals surface area contributed by atoms with Crippen molar-refractivity contribution < 1.29 is 26.3 Å². The lowest BCUT2D eigenvalue weighted by Gasteiger charge is -2.06. The molecule has 0 amide bonds. The first-order chi connectivity index (χ1) is 14.9. The lowest BCUT2D eigenvalue weighted by Crippen LogP contribution is -2.06. The van der Waals surface area contributed by atoms with Crippen LogP contribution in [0, 0.1) is 34.9 Å². The van der Waals surface area contributed by atoms with E-state index in [1.807, 2.05) is 5.43 Å². The number of fused-ring (bicyclic) bond motifs is 1. The number of rotatable bonds is 5. The van der Waals surface area contributed by atoms with Crippen LogP contribution < -0.4 is 5.43 Å². The molecule has 3 nitrogen and oxygen atoms in total. The van der Waals surface area contributed by atoms with Crippen molar-refractivity contribution in [1.29, 1.82) is 0 Å². The van der Waals surface area contributed by atoms with E-state index in [4.69, 9.17) is 0 Å². The van der Waals surface area contributed by atoms with Gasteiger partial charge in [-0.25, -0.2) is 26.3 Å². The summed E-state index contributed by atoms with van der Waals surface area (Å²) in [5.74, 6) is -10.8. The van der Waals surface area contributed by atoms with Crippen LogP contribution in [0.15, 0.2) is 59.8 Å².